The quantitative estimate of drug-likeness (QED) is 0.846. The molecule has 3 N–H and O–H groups in total. The Kier molecular flexibility index (Phi) is 3.05. The van der Waals surface area contributed by atoms with Crippen LogP contribution in [0.1, 0.15) is 26.2 Å². The van der Waals surface area contributed by atoms with Gasteiger partial charge in [0.1, 0.15) is 11.4 Å². The second-order valence-electron chi connectivity index (χ2n) is 4.93. The predicted octanol–water partition coefficient (Wildman–Crippen LogP) is 2.28. The van der Waals surface area contributed by atoms with Crippen LogP contribution in [-0.4, -0.2) is 11.4 Å². The molecule has 1 amide bonds. The fourth-order valence-corrected chi connectivity index (χ4v) is 2.50. The highest BCUT2D eigenvalue weighted by Crippen LogP contribution is 2.36. The second-order valence-corrected chi connectivity index (χ2v) is 4.93. The standard InChI is InChI=1S/C13H17FN2O/c1-9-6-7-13(8-9,12(15)17)16-11-4-2-10(14)3-5-11/h2-5,9,16H,6-8H2,1H3,(H2,15,17). The van der Waals surface area contributed by atoms with E-state index in [0.29, 0.717) is 5.92 Å². The van der Waals surface area contributed by atoms with Gasteiger partial charge in [-0.3, -0.25) is 4.79 Å². The predicted molar refractivity (Wildman–Crippen MR) is 65.0 cm³/mol. The summed E-state index contributed by atoms with van der Waals surface area (Å²) in [5.41, 5.74) is 5.56. The molecule has 0 aliphatic heterocycles. The number of nitrogens with one attached hydrogen (secondary N) is 1. The lowest BCUT2D eigenvalue weighted by Crippen LogP contribution is -2.48. The Hall–Kier alpha value is -1.58. The maximum atomic E-state index is 12.8. The lowest BCUT2D eigenvalue weighted by atomic mass is 9.95. The Morgan fingerprint density at radius 1 is 1.47 bits per heavy atom. The van der Waals surface area contributed by atoms with Crippen molar-refractivity contribution in [1.82, 2.24) is 0 Å². The van der Waals surface area contributed by atoms with E-state index < -0.39 is 5.54 Å². The highest BCUT2D eigenvalue weighted by Gasteiger charge is 2.42. The van der Waals surface area contributed by atoms with E-state index in [-0.39, 0.29) is 11.7 Å². The van der Waals surface area contributed by atoms with Crippen LogP contribution in [0, 0.1) is 11.7 Å². The highest BCUT2D eigenvalue weighted by molar-refractivity contribution is 5.88. The van der Waals surface area contributed by atoms with E-state index in [4.69, 9.17) is 5.73 Å². The highest BCUT2D eigenvalue weighted by atomic mass is 19.1. The van der Waals surface area contributed by atoms with Gasteiger partial charge < -0.3 is 11.1 Å². The number of halogens is 1. The van der Waals surface area contributed by atoms with Crippen molar-refractivity contribution in [3.63, 3.8) is 0 Å². The lowest BCUT2D eigenvalue weighted by Gasteiger charge is -2.28. The molecule has 17 heavy (non-hydrogen) atoms. The van der Waals surface area contributed by atoms with Gasteiger partial charge in [-0.2, -0.15) is 0 Å². The molecule has 2 unspecified atom stereocenters. The van der Waals surface area contributed by atoms with E-state index in [9.17, 15) is 9.18 Å². The zero-order valence-electron chi connectivity index (χ0n) is 9.87. The van der Waals surface area contributed by atoms with E-state index in [1.165, 1.54) is 12.1 Å². The number of nitrogens with two attached hydrogens (primary N) is 1. The summed E-state index contributed by atoms with van der Waals surface area (Å²) in [6, 6.07) is 6.00. The maximum absolute atomic E-state index is 12.8. The van der Waals surface area contributed by atoms with Crippen molar-refractivity contribution in [1.29, 1.82) is 0 Å². The van der Waals surface area contributed by atoms with Crippen LogP contribution < -0.4 is 11.1 Å². The summed E-state index contributed by atoms with van der Waals surface area (Å²) in [7, 11) is 0. The number of hydrogen-bond acceptors (Lipinski definition) is 2. The van der Waals surface area contributed by atoms with Crippen molar-refractivity contribution in [3.8, 4) is 0 Å². The first kappa shape index (κ1) is 11.9. The van der Waals surface area contributed by atoms with Gasteiger partial charge in [0.15, 0.2) is 0 Å². The van der Waals surface area contributed by atoms with Crippen molar-refractivity contribution in [3.05, 3.63) is 30.1 Å². The molecule has 92 valence electrons. The Morgan fingerprint density at radius 3 is 2.59 bits per heavy atom. The first-order chi connectivity index (χ1) is 8.02. The smallest absolute Gasteiger partial charge is 0.243 e. The van der Waals surface area contributed by atoms with Gasteiger partial charge in [-0.15, -0.1) is 0 Å². The van der Waals surface area contributed by atoms with Crippen molar-refractivity contribution in [2.45, 2.75) is 31.7 Å². The minimum atomic E-state index is -0.669. The van der Waals surface area contributed by atoms with Crippen LogP contribution in [0.5, 0.6) is 0 Å². The molecule has 0 spiro atoms. The SMILES string of the molecule is CC1CCC(Nc2ccc(F)cc2)(C(N)=O)C1. The van der Waals surface area contributed by atoms with E-state index in [1.807, 2.05) is 0 Å². The largest absolute Gasteiger partial charge is 0.371 e. The Labute approximate surface area is 100 Å². The molecule has 2 atom stereocenters. The topological polar surface area (TPSA) is 55.1 Å². The number of hydrogen-bond donors (Lipinski definition) is 2. The third-order valence-corrected chi connectivity index (χ3v) is 3.46. The molecule has 1 aliphatic carbocycles. The zero-order chi connectivity index (χ0) is 12.5. The number of amides is 1. The average molecular weight is 236 g/mol. The Balaban J connectivity index is 2.19. The third kappa shape index (κ3) is 2.40. The van der Waals surface area contributed by atoms with Gasteiger partial charge in [-0.25, -0.2) is 4.39 Å². The molecule has 4 heteroatoms. The monoisotopic (exact) mass is 236 g/mol. The summed E-state index contributed by atoms with van der Waals surface area (Å²) >= 11 is 0. The van der Waals surface area contributed by atoms with Gasteiger partial charge in [-0.1, -0.05) is 6.92 Å². The molecule has 1 saturated carbocycles. The van der Waals surface area contributed by atoms with Crippen molar-refractivity contribution in [2.75, 3.05) is 5.32 Å². The van der Waals surface area contributed by atoms with E-state index in [0.717, 1.165) is 24.9 Å². The van der Waals surface area contributed by atoms with Crippen LogP contribution in [-0.2, 0) is 4.79 Å². The third-order valence-electron chi connectivity index (χ3n) is 3.46. The van der Waals surface area contributed by atoms with Gasteiger partial charge in [0.05, 0.1) is 0 Å². The number of benzene rings is 1. The Bertz CT molecular complexity index is 418. The van der Waals surface area contributed by atoms with Crippen molar-refractivity contribution in [2.24, 2.45) is 11.7 Å². The molecule has 0 radical (unpaired) electrons. The summed E-state index contributed by atoms with van der Waals surface area (Å²) < 4.78 is 12.8. The molecule has 1 aromatic carbocycles. The van der Waals surface area contributed by atoms with E-state index in [1.54, 1.807) is 12.1 Å². The molecular formula is C13H17FN2O. The summed E-state index contributed by atoms with van der Waals surface area (Å²) in [6.45, 7) is 2.11. The zero-order valence-corrected chi connectivity index (χ0v) is 9.87. The summed E-state index contributed by atoms with van der Waals surface area (Å²) in [5, 5.41) is 3.17. The van der Waals surface area contributed by atoms with Crippen LogP contribution in [0.15, 0.2) is 24.3 Å². The number of carbonyl (C=O) groups is 1. The molecule has 1 aromatic rings. The van der Waals surface area contributed by atoms with Crippen LogP contribution >= 0.6 is 0 Å². The minimum absolute atomic E-state index is 0.288. The van der Waals surface area contributed by atoms with E-state index >= 15 is 0 Å². The number of rotatable bonds is 3. The van der Waals surface area contributed by atoms with E-state index in [2.05, 4.69) is 12.2 Å². The molecule has 0 aromatic heterocycles. The first-order valence-corrected chi connectivity index (χ1v) is 5.85. The number of anilines is 1. The molecule has 0 bridgehead atoms. The Morgan fingerprint density at radius 2 is 2.12 bits per heavy atom. The normalized spacial score (nSPS) is 28.0. The van der Waals surface area contributed by atoms with Gasteiger partial charge in [0, 0.05) is 5.69 Å². The summed E-state index contributed by atoms with van der Waals surface area (Å²) in [5.74, 6) is -0.134. The van der Waals surface area contributed by atoms with Gasteiger partial charge in [0.25, 0.3) is 0 Å². The van der Waals surface area contributed by atoms with Crippen LogP contribution in [0.4, 0.5) is 10.1 Å². The van der Waals surface area contributed by atoms with Gasteiger partial charge in [0.2, 0.25) is 5.91 Å². The fourth-order valence-electron chi connectivity index (χ4n) is 2.50. The van der Waals surface area contributed by atoms with Crippen LogP contribution in [0.3, 0.4) is 0 Å². The summed E-state index contributed by atoms with van der Waals surface area (Å²) in [4.78, 5) is 11.6. The van der Waals surface area contributed by atoms with Gasteiger partial charge >= 0.3 is 0 Å². The molecule has 1 aliphatic rings. The number of carbonyl (C=O) groups excluding carboxylic acids is 1. The van der Waals surface area contributed by atoms with Crippen molar-refractivity contribution >= 4 is 11.6 Å². The fraction of sp³-hybridized carbons (Fsp3) is 0.462. The van der Waals surface area contributed by atoms with Gasteiger partial charge in [-0.05, 0) is 49.4 Å². The molecule has 0 saturated heterocycles. The molecule has 1 fully saturated rings. The molecule has 0 heterocycles. The molecule has 2 rings (SSSR count). The average Bonchev–Trinajstić information content (AvgIpc) is 2.65. The second kappa shape index (κ2) is 4.35. The lowest BCUT2D eigenvalue weighted by molar-refractivity contribution is -0.122. The molecule has 3 nitrogen and oxygen atoms in total. The maximum Gasteiger partial charge on any atom is 0.243 e. The van der Waals surface area contributed by atoms with Crippen molar-refractivity contribution < 1.29 is 9.18 Å². The minimum Gasteiger partial charge on any atom is -0.371 e. The first-order valence-electron chi connectivity index (χ1n) is 5.85. The van der Waals surface area contributed by atoms with Crippen LogP contribution in [0.25, 0.3) is 0 Å². The van der Waals surface area contributed by atoms with Crippen LogP contribution in [0.2, 0.25) is 0 Å². The number of primary amides is 1. The molecular weight excluding hydrogens is 219 g/mol. The summed E-state index contributed by atoms with van der Waals surface area (Å²) in [6.07, 6.45) is 2.46.